The maximum absolute atomic E-state index is 11.6. The molecule has 0 fully saturated rings. The normalized spacial score (nSPS) is 10.2. The molecule has 0 bridgehead atoms. The fourth-order valence-electron chi connectivity index (χ4n) is 1.84. The van der Waals surface area contributed by atoms with E-state index in [0.29, 0.717) is 23.8 Å². The smallest absolute Gasteiger partial charge is 0.338 e. The first kappa shape index (κ1) is 17.3. The van der Waals surface area contributed by atoms with Crippen LogP contribution in [0, 0.1) is 0 Å². The van der Waals surface area contributed by atoms with Crippen molar-refractivity contribution in [2.45, 2.75) is 25.7 Å². The van der Waals surface area contributed by atoms with E-state index in [9.17, 15) is 9.59 Å². The van der Waals surface area contributed by atoms with E-state index in [1.54, 1.807) is 12.1 Å². The van der Waals surface area contributed by atoms with Crippen LogP contribution in [0.5, 0.6) is 5.75 Å². The molecular formula is C15H19ClO5. The minimum atomic E-state index is -1.01. The molecule has 1 rings (SSSR count). The van der Waals surface area contributed by atoms with Crippen LogP contribution in [0.4, 0.5) is 0 Å². The number of unbranched alkanes of at least 4 members (excludes halogenated alkanes) is 2. The molecule has 0 unspecified atom stereocenters. The van der Waals surface area contributed by atoms with E-state index in [-0.39, 0.29) is 12.0 Å². The van der Waals surface area contributed by atoms with Crippen LogP contribution in [-0.2, 0) is 16.0 Å². The van der Waals surface area contributed by atoms with Crippen LogP contribution in [0.3, 0.4) is 0 Å². The molecule has 1 N–H and O–H groups in total. The van der Waals surface area contributed by atoms with Crippen LogP contribution >= 0.6 is 11.6 Å². The summed E-state index contributed by atoms with van der Waals surface area (Å²) in [4.78, 5) is 22.5. The van der Waals surface area contributed by atoms with Crippen molar-refractivity contribution in [3.63, 3.8) is 0 Å². The van der Waals surface area contributed by atoms with E-state index >= 15 is 0 Å². The van der Waals surface area contributed by atoms with E-state index < -0.39 is 11.9 Å². The van der Waals surface area contributed by atoms with Crippen LogP contribution < -0.4 is 4.74 Å². The zero-order chi connectivity index (χ0) is 15.7. The number of ether oxygens (including phenoxy) is 2. The van der Waals surface area contributed by atoms with Gasteiger partial charge in [0.2, 0.25) is 0 Å². The summed E-state index contributed by atoms with van der Waals surface area (Å²) in [5.41, 5.74) is 0.627. The van der Waals surface area contributed by atoms with Crippen molar-refractivity contribution in [1.82, 2.24) is 0 Å². The number of alkyl halides is 1. The summed E-state index contributed by atoms with van der Waals surface area (Å²) in [6.45, 7) is 0.529. The Morgan fingerprint density at radius 1 is 1.24 bits per heavy atom. The molecule has 0 radical (unpaired) electrons. The van der Waals surface area contributed by atoms with Crippen molar-refractivity contribution >= 4 is 23.5 Å². The molecule has 116 valence electrons. The molecule has 0 heterocycles. The molecule has 0 saturated heterocycles. The second kappa shape index (κ2) is 9.23. The molecule has 0 aliphatic heterocycles. The third-order valence-electron chi connectivity index (χ3n) is 2.87. The zero-order valence-electron chi connectivity index (χ0n) is 11.9. The molecule has 0 atom stereocenters. The number of rotatable bonds is 9. The van der Waals surface area contributed by atoms with Gasteiger partial charge in [0.05, 0.1) is 25.7 Å². The molecule has 21 heavy (non-hydrogen) atoms. The Hall–Kier alpha value is -1.75. The summed E-state index contributed by atoms with van der Waals surface area (Å²) >= 11 is 5.59. The predicted octanol–water partition coefficient (Wildman–Crippen LogP) is 2.89. The molecule has 0 spiro atoms. The van der Waals surface area contributed by atoms with Crippen molar-refractivity contribution in [3.05, 3.63) is 29.3 Å². The summed E-state index contributed by atoms with van der Waals surface area (Å²) in [6, 6.07) is 4.74. The Bertz CT molecular complexity index is 487. The van der Waals surface area contributed by atoms with Crippen molar-refractivity contribution in [2.75, 3.05) is 19.6 Å². The molecular weight excluding hydrogens is 296 g/mol. The van der Waals surface area contributed by atoms with Gasteiger partial charge in [-0.1, -0.05) is 0 Å². The minimum Gasteiger partial charge on any atom is -0.494 e. The summed E-state index contributed by atoms with van der Waals surface area (Å²) in [5.74, 6) is -0.388. The Labute approximate surface area is 128 Å². The Morgan fingerprint density at radius 3 is 2.62 bits per heavy atom. The number of carboxylic acids is 1. The van der Waals surface area contributed by atoms with Gasteiger partial charge in [-0.3, -0.25) is 4.79 Å². The summed E-state index contributed by atoms with van der Waals surface area (Å²) in [6.07, 6.45) is 2.54. The third-order valence-corrected chi connectivity index (χ3v) is 3.14. The fraction of sp³-hybridized carbons (Fsp3) is 0.467. The van der Waals surface area contributed by atoms with E-state index in [1.807, 2.05) is 0 Å². The summed E-state index contributed by atoms with van der Waals surface area (Å²) in [5, 5.41) is 8.90. The minimum absolute atomic E-state index is 0.245. The Kier molecular flexibility index (Phi) is 7.61. The standard InChI is InChI=1S/C15H19ClO5/c1-20-15(19)13-6-5-12(9-11(13)10-14(17)18)21-8-4-2-3-7-16/h5-6,9H,2-4,7-8,10H2,1H3,(H,17,18). The number of halogens is 1. The van der Waals surface area contributed by atoms with E-state index in [2.05, 4.69) is 4.74 Å². The molecule has 0 aliphatic rings. The third kappa shape index (κ3) is 6.04. The van der Waals surface area contributed by atoms with Crippen molar-refractivity contribution in [2.24, 2.45) is 0 Å². The van der Waals surface area contributed by atoms with E-state index in [4.69, 9.17) is 21.4 Å². The highest BCUT2D eigenvalue weighted by Crippen LogP contribution is 2.20. The molecule has 0 aromatic heterocycles. The van der Waals surface area contributed by atoms with Gasteiger partial charge in [-0.15, -0.1) is 11.6 Å². The number of esters is 1. The lowest BCUT2D eigenvalue weighted by molar-refractivity contribution is -0.136. The lowest BCUT2D eigenvalue weighted by atomic mass is 10.0. The maximum atomic E-state index is 11.6. The highest BCUT2D eigenvalue weighted by molar-refractivity contribution is 6.17. The van der Waals surface area contributed by atoms with Gasteiger partial charge in [-0.05, 0) is 43.0 Å². The summed E-state index contributed by atoms with van der Waals surface area (Å²) < 4.78 is 10.2. The number of hydrogen-bond acceptors (Lipinski definition) is 4. The quantitative estimate of drug-likeness (QED) is 0.431. The zero-order valence-corrected chi connectivity index (χ0v) is 12.7. The van der Waals surface area contributed by atoms with Gasteiger partial charge in [-0.25, -0.2) is 4.79 Å². The molecule has 1 aromatic rings. The van der Waals surface area contributed by atoms with Crippen LogP contribution in [-0.4, -0.2) is 36.6 Å². The van der Waals surface area contributed by atoms with Crippen LogP contribution in [0.2, 0.25) is 0 Å². The molecule has 5 nitrogen and oxygen atoms in total. The van der Waals surface area contributed by atoms with Gasteiger partial charge in [0, 0.05) is 5.88 Å². The predicted molar refractivity (Wildman–Crippen MR) is 79.2 cm³/mol. The highest BCUT2D eigenvalue weighted by Gasteiger charge is 2.15. The number of benzene rings is 1. The molecule has 6 heteroatoms. The lowest BCUT2D eigenvalue weighted by Crippen LogP contribution is -2.10. The van der Waals surface area contributed by atoms with Crippen LogP contribution in [0.25, 0.3) is 0 Å². The lowest BCUT2D eigenvalue weighted by Gasteiger charge is -2.10. The summed E-state index contributed by atoms with van der Waals surface area (Å²) in [7, 11) is 1.26. The van der Waals surface area contributed by atoms with Gasteiger partial charge >= 0.3 is 11.9 Å². The van der Waals surface area contributed by atoms with Gasteiger partial charge < -0.3 is 14.6 Å². The fourth-order valence-corrected chi connectivity index (χ4v) is 2.03. The largest absolute Gasteiger partial charge is 0.494 e. The number of carbonyl (C=O) groups excluding carboxylic acids is 1. The first-order chi connectivity index (χ1) is 10.1. The van der Waals surface area contributed by atoms with Gasteiger partial charge in [-0.2, -0.15) is 0 Å². The van der Waals surface area contributed by atoms with Gasteiger partial charge in [0.15, 0.2) is 0 Å². The molecule has 0 aliphatic carbocycles. The van der Waals surface area contributed by atoms with E-state index in [0.717, 1.165) is 19.3 Å². The highest BCUT2D eigenvalue weighted by atomic mass is 35.5. The number of hydrogen-bond donors (Lipinski definition) is 1. The number of carbonyl (C=O) groups is 2. The Morgan fingerprint density at radius 2 is 2.00 bits per heavy atom. The average molecular weight is 315 g/mol. The molecule has 0 amide bonds. The van der Waals surface area contributed by atoms with Crippen molar-refractivity contribution < 1.29 is 24.2 Å². The number of methoxy groups -OCH3 is 1. The second-order valence-corrected chi connectivity index (χ2v) is 4.86. The van der Waals surface area contributed by atoms with Gasteiger partial charge in [0.25, 0.3) is 0 Å². The number of aliphatic carboxylic acids is 1. The van der Waals surface area contributed by atoms with E-state index in [1.165, 1.54) is 13.2 Å². The van der Waals surface area contributed by atoms with Crippen LogP contribution in [0.15, 0.2) is 18.2 Å². The van der Waals surface area contributed by atoms with Crippen molar-refractivity contribution in [1.29, 1.82) is 0 Å². The Balaban J connectivity index is 2.74. The first-order valence-electron chi connectivity index (χ1n) is 6.70. The number of carboxylic acid groups (broad SMARTS) is 1. The van der Waals surface area contributed by atoms with Crippen LogP contribution in [0.1, 0.15) is 35.2 Å². The topological polar surface area (TPSA) is 72.8 Å². The second-order valence-electron chi connectivity index (χ2n) is 4.48. The molecule has 1 aromatic carbocycles. The average Bonchev–Trinajstić information content (AvgIpc) is 2.46. The first-order valence-corrected chi connectivity index (χ1v) is 7.23. The van der Waals surface area contributed by atoms with Crippen molar-refractivity contribution in [3.8, 4) is 5.75 Å². The maximum Gasteiger partial charge on any atom is 0.338 e. The monoisotopic (exact) mass is 314 g/mol. The SMILES string of the molecule is COC(=O)c1ccc(OCCCCCCl)cc1CC(=O)O. The van der Waals surface area contributed by atoms with Gasteiger partial charge in [0.1, 0.15) is 5.75 Å². The molecule has 0 saturated carbocycles.